The number of rotatable bonds is 4. The molecule has 0 saturated carbocycles. The highest BCUT2D eigenvalue weighted by atomic mass is 16.2. The molecule has 2 amide bonds. The van der Waals surface area contributed by atoms with Gasteiger partial charge in [0, 0.05) is 40.6 Å². The summed E-state index contributed by atoms with van der Waals surface area (Å²) in [4.78, 5) is 17.1. The fourth-order valence-corrected chi connectivity index (χ4v) is 4.44. The third kappa shape index (κ3) is 3.61. The number of hydrogen-bond donors (Lipinski definition) is 3. The lowest BCUT2D eigenvalue weighted by Crippen LogP contribution is -2.19. The molecule has 0 spiro atoms. The first-order chi connectivity index (χ1) is 16.8. The molecule has 0 bridgehead atoms. The Balaban J connectivity index is 1.18. The van der Waals surface area contributed by atoms with Crippen LogP contribution in [0.4, 0.5) is 16.2 Å². The molecule has 6 rings (SSSR count). The molecule has 1 aliphatic carbocycles. The number of nitrogens with zero attached hydrogens (tertiary/aromatic N) is 2. The van der Waals surface area contributed by atoms with Crippen LogP contribution < -0.4 is 10.6 Å². The third-order valence-electron chi connectivity index (χ3n) is 6.05. The summed E-state index contributed by atoms with van der Waals surface area (Å²) in [5, 5.41) is 13.6. The van der Waals surface area contributed by atoms with Gasteiger partial charge in [-0.15, -0.1) is 0 Å². The van der Waals surface area contributed by atoms with Gasteiger partial charge in [-0.25, -0.2) is 4.79 Å². The van der Waals surface area contributed by atoms with Crippen molar-refractivity contribution in [3.63, 3.8) is 0 Å². The maximum Gasteiger partial charge on any atom is 0.323 e. The Morgan fingerprint density at radius 2 is 1.56 bits per heavy atom. The second-order valence-corrected chi connectivity index (χ2v) is 8.18. The zero-order valence-electron chi connectivity index (χ0n) is 18.2. The summed E-state index contributed by atoms with van der Waals surface area (Å²) in [6.45, 7) is 0. The van der Waals surface area contributed by atoms with E-state index in [1.54, 1.807) is 6.20 Å². The Hall–Kier alpha value is -4.71. The zero-order valence-corrected chi connectivity index (χ0v) is 18.2. The molecule has 2 heterocycles. The van der Waals surface area contributed by atoms with E-state index in [1.807, 2.05) is 66.7 Å². The minimum atomic E-state index is -0.313. The van der Waals surface area contributed by atoms with Crippen LogP contribution in [0.15, 0.2) is 97.2 Å². The fraction of sp³-hybridized carbons (Fsp3) is 0.0357. The van der Waals surface area contributed by atoms with Crippen LogP contribution in [0.25, 0.3) is 33.8 Å². The van der Waals surface area contributed by atoms with Gasteiger partial charge in [0.2, 0.25) is 0 Å². The number of carbonyl (C=O) groups is 1. The number of anilines is 2. The number of fused-ring (bicyclic) bond motifs is 3. The quantitative estimate of drug-likeness (QED) is 0.297. The molecule has 0 fully saturated rings. The highest BCUT2D eigenvalue weighted by Gasteiger charge is 2.24. The molecule has 0 saturated heterocycles. The van der Waals surface area contributed by atoms with Gasteiger partial charge in [0.15, 0.2) is 0 Å². The lowest BCUT2D eigenvalue weighted by molar-refractivity contribution is 0.262. The van der Waals surface area contributed by atoms with E-state index < -0.39 is 0 Å². The zero-order chi connectivity index (χ0) is 22.9. The number of aromatic nitrogens is 3. The van der Waals surface area contributed by atoms with Crippen molar-refractivity contribution < 1.29 is 4.79 Å². The van der Waals surface area contributed by atoms with Crippen LogP contribution in [0.3, 0.4) is 0 Å². The van der Waals surface area contributed by atoms with Crippen molar-refractivity contribution in [3.8, 4) is 33.8 Å². The lowest BCUT2D eigenvalue weighted by Gasteiger charge is -2.12. The summed E-state index contributed by atoms with van der Waals surface area (Å²) >= 11 is 0. The fourth-order valence-electron chi connectivity index (χ4n) is 4.44. The molecular formula is C28H21N5O. The van der Waals surface area contributed by atoms with Crippen molar-refractivity contribution >= 4 is 17.4 Å². The summed E-state index contributed by atoms with van der Waals surface area (Å²) in [5.74, 6) is 0. The molecule has 0 unspecified atom stereocenters. The molecule has 34 heavy (non-hydrogen) atoms. The minimum absolute atomic E-state index is 0.313. The second kappa shape index (κ2) is 8.33. The normalized spacial score (nSPS) is 11.5. The van der Waals surface area contributed by atoms with Crippen molar-refractivity contribution in [3.05, 3.63) is 108 Å². The van der Waals surface area contributed by atoms with Gasteiger partial charge in [-0.1, -0.05) is 60.7 Å². The first-order valence-electron chi connectivity index (χ1n) is 11.1. The molecule has 0 atom stereocenters. The van der Waals surface area contributed by atoms with Crippen LogP contribution in [0.1, 0.15) is 11.1 Å². The maximum atomic E-state index is 12.7. The van der Waals surface area contributed by atoms with Crippen LogP contribution in [-0.4, -0.2) is 21.2 Å². The molecule has 0 radical (unpaired) electrons. The largest absolute Gasteiger partial charge is 0.323 e. The lowest BCUT2D eigenvalue weighted by atomic mass is 10.1. The van der Waals surface area contributed by atoms with E-state index in [0.717, 1.165) is 34.6 Å². The molecule has 3 aromatic carbocycles. The van der Waals surface area contributed by atoms with Crippen molar-refractivity contribution in [1.82, 2.24) is 15.2 Å². The second-order valence-electron chi connectivity index (χ2n) is 8.18. The van der Waals surface area contributed by atoms with E-state index in [0.29, 0.717) is 11.4 Å². The van der Waals surface area contributed by atoms with Gasteiger partial charge in [0.1, 0.15) is 0 Å². The summed E-state index contributed by atoms with van der Waals surface area (Å²) in [7, 11) is 0. The summed E-state index contributed by atoms with van der Waals surface area (Å²) in [6, 6.07) is 29.2. The molecule has 5 aromatic rings. The first-order valence-corrected chi connectivity index (χ1v) is 11.1. The number of urea groups is 1. The van der Waals surface area contributed by atoms with E-state index in [2.05, 4.69) is 50.1 Å². The number of nitrogens with one attached hydrogen (secondary N) is 3. The summed E-state index contributed by atoms with van der Waals surface area (Å²) in [6.07, 6.45) is 2.61. The van der Waals surface area contributed by atoms with Crippen molar-refractivity contribution in [2.45, 2.75) is 6.42 Å². The van der Waals surface area contributed by atoms with Gasteiger partial charge in [0.25, 0.3) is 0 Å². The number of H-pyrrole nitrogens is 1. The molecule has 2 aromatic heterocycles. The molecule has 6 heteroatoms. The van der Waals surface area contributed by atoms with Gasteiger partial charge in [0.05, 0.1) is 22.8 Å². The average molecular weight is 444 g/mol. The van der Waals surface area contributed by atoms with Crippen LogP contribution in [0.2, 0.25) is 0 Å². The Bertz CT molecular complexity index is 1490. The topological polar surface area (TPSA) is 82.7 Å². The maximum absolute atomic E-state index is 12.7. The monoisotopic (exact) mass is 443 g/mol. The molecule has 6 nitrogen and oxygen atoms in total. The number of benzene rings is 3. The number of hydrogen-bond acceptors (Lipinski definition) is 3. The number of para-hydroxylation sites is 1. The number of pyridine rings is 1. The Kier molecular flexibility index (Phi) is 4.88. The molecule has 1 aliphatic rings. The van der Waals surface area contributed by atoms with Crippen molar-refractivity contribution in [2.75, 3.05) is 10.6 Å². The van der Waals surface area contributed by atoms with Crippen molar-refractivity contribution in [1.29, 1.82) is 0 Å². The van der Waals surface area contributed by atoms with Gasteiger partial charge in [-0.2, -0.15) is 5.10 Å². The van der Waals surface area contributed by atoms with Gasteiger partial charge in [-0.3, -0.25) is 10.1 Å². The van der Waals surface area contributed by atoms with Crippen LogP contribution in [-0.2, 0) is 6.42 Å². The van der Waals surface area contributed by atoms with Crippen molar-refractivity contribution in [2.24, 2.45) is 0 Å². The van der Waals surface area contributed by atoms with Gasteiger partial charge in [-0.05, 0) is 35.9 Å². The van der Waals surface area contributed by atoms with E-state index in [-0.39, 0.29) is 6.03 Å². The SMILES string of the molecule is O=C(Nc1ccc(-c2n[nH]c3c2Cc2ccccc2-3)cc1)Nc1ccccc1-c1ccccn1. The Morgan fingerprint density at radius 1 is 0.794 bits per heavy atom. The number of amides is 2. The predicted molar refractivity (Wildman–Crippen MR) is 135 cm³/mol. The standard InChI is InChI=1S/C28H21N5O/c34-28(31-25-11-4-3-9-22(25)24-10-5-6-16-29-24)30-20-14-12-18(13-15-20)26-23-17-19-7-1-2-8-21(19)27(23)33-32-26/h1-16H,17H2,(H,32,33)(H2,30,31,34). The minimum Gasteiger partial charge on any atom is -0.308 e. The number of carbonyl (C=O) groups excluding carboxylic acids is 1. The van der Waals surface area contributed by atoms with E-state index in [4.69, 9.17) is 0 Å². The van der Waals surface area contributed by atoms with Crippen LogP contribution >= 0.6 is 0 Å². The van der Waals surface area contributed by atoms with E-state index in [1.165, 1.54) is 16.7 Å². The Morgan fingerprint density at radius 3 is 2.38 bits per heavy atom. The van der Waals surface area contributed by atoms with E-state index in [9.17, 15) is 4.79 Å². The summed E-state index contributed by atoms with van der Waals surface area (Å²) in [5.41, 5.74) is 9.87. The number of aromatic amines is 1. The van der Waals surface area contributed by atoms with Gasteiger partial charge < -0.3 is 10.6 Å². The molecular weight excluding hydrogens is 422 g/mol. The highest BCUT2D eigenvalue weighted by molar-refractivity contribution is 6.02. The van der Waals surface area contributed by atoms with Crippen LogP contribution in [0, 0.1) is 0 Å². The Labute approximate surface area is 196 Å². The molecule has 164 valence electrons. The van der Waals surface area contributed by atoms with Crippen LogP contribution in [0.5, 0.6) is 0 Å². The predicted octanol–water partition coefficient (Wildman–Crippen LogP) is 6.35. The summed E-state index contributed by atoms with van der Waals surface area (Å²) < 4.78 is 0. The first kappa shape index (κ1) is 19.9. The third-order valence-corrected chi connectivity index (χ3v) is 6.05. The highest BCUT2D eigenvalue weighted by Crippen LogP contribution is 2.39. The van der Waals surface area contributed by atoms with Gasteiger partial charge >= 0.3 is 6.03 Å². The van der Waals surface area contributed by atoms with E-state index >= 15 is 0 Å². The molecule has 0 aliphatic heterocycles. The smallest absolute Gasteiger partial charge is 0.308 e. The molecule has 3 N–H and O–H groups in total. The average Bonchev–Trinajstić information content (AvgIpc) is 3.45.